The predicted octanol–water partition coefficient (Wildman–Crippen LogP) is 7.61. The fourth-order valence-electron chi connectivity index (χ4n) is 6.30. The Balaban J connectivity index is 0.00000280. The van der Waals surface area contributed by atoms with Gasteiger partial charge >= 0.3 is 0 Å². The van der Waals surface area contributed by atoms with Gasteiger partial charge in [0.1, 0.15) is 23.3 Å². The zero-order valence-corrected chi connectivity index (χ0v) is 24.1. The molecule has 0 radical (unpaired) electrons. The van der Waals surface area contributed by atoms with Crippen LogP contribution in [0.2, 0.25) is 0 Å². The van der Waals surface area contributed by atoms with Gasteiger partial charge in [0.2, 0.25) is 5.88 Å². The van der Waals surface area contributed by atoms with Crippen LogP contribution in [0.15, 0.2) is 41.4 Å². The summed E-state index contributed by atoms with van der Waals surface area (Å²) < 4.78 is 12.7. The van der Waals surface area contributed by atoms with Gasteiger partial charge in [-0.3, -0.25) is 4.99 Å². The Hall–Kier alpha value is -2.39. The molecule has 198 valence electrons. The second-order valence-electron chi connectivity index (χ2n) is 11.6. The van der Waals surface area contributed by atoms with Crippen molar-refractivity contribution < 1.29 is 35.6 Å². The number of nitrogens with zero attached hydrogens (tertiary/aromatic N) is 2. The molecule has 2 aliphatic carbocycles. The van der Waals surface area contributed by atoms with Crippen LogP contribution in [0.4, 0.5) is 0 Å². The minimum absolute atomic E-state index is 0. The number of hydrogen-bond acceptors (Lipinski definition) is 5. The second-order valence-corrected chi connectivity index (χ2v) is 11.6. The van der Waals surface area contributed by atoms with Crippen molar-refractivity contribution in [2.24, 2.45) is 10.4 Å². The van der Waals surface area contributed by atoms with Crippen molar-refractivity contribution in [1.82, 2.24) is 4.98 Å². The third kappa shape index (κ3) is 5.30. The first-order valence-corrected chi connectivity index (χ1v) is 13.5. The quantitative estimate of drug-likeness (QED) is 0.289. The van der Waals surface area contributed by atoms with E-state index in [0.717, 1.165) is 22.9 Å². The van der Waals surface area contributed by atoms with Gasteiger partial charge in [0.05, 0.1) is 6.04 Å². The van der Waals surface area contributed by atoms with Crippen molar-refractivity contribution in [2.45, 2.75) is 90.2 Å². The standard InChI is InChI=1S/C31H35N2O3.Pt/c1-19-14-21-11-12-27(32-28(21)25(34)15-19)35-24-17-22(20-8-5-4-6-9-20)16-23(18-24)30-33-29-26(36-30)10-7-13-31(29,2)3;/h11-12,14-17,20,26,29,34H,4-10,13H2,1-3H3;/q-1;/t26-,29-;/m1./s1. The van der Waals surface area contributed by atoms with Crippen molar-refractivity contribution in [1.29, 1.82) is 0 Å². The molecule has 3 aromatic rings. The van der Waals surface area contributed by atoms with Crippen molar-refractivity contribution in [3.63, 3.8) is 0 Å². The molecule has 0 unspecified atom stereocenters. The van der Waals surface area contributed by atoms with Crippen LogP contribution >= 0.6 is 0 Å². The van der Waals surface area contributed by atoms with Gasteiger partial charge in [-0.25, -0.2) is 4.98 Å². The Bertz CT molecular complexity index is 1330. The molecule has 6 heteroatoms. The van der Waals surface area contributed by atoms with E-state index in [1.165, 1.54) is 50.5 Å². The number of rotatable bonds is 4. The minimum Gasteiger partial charge on any atom is -0.515 e. The number of pyridine rings is 1. The summed E-state index contributed by atoms with van der Waals surface area (Å²) >= 11 is 0. The molecule has 1 N–H and O–H groups in total. The molecule has 2 heterocycles. The molecule has 2 saturated carbocycles. The first kappa shape index (κ1) is 26.2. The summed E-state index contributed by atoms with van der Waals surface area (Å²) in [5, 5.41) is 11.3. The number of ether oxygens (including phenoxy) is 2. The SMILES string of the molecule is Cc1cc(O)c2nc(Oc3[c-]c(C4=N[C@@H]5[C@@H](CCCC5(C)C)O4)cc(C4CCCCC4)c3)ccc2c1.[Pt]. The van der Waals surface area contributed by atoms with E-state index in [0.29, 0.717) is 29.0 Å². The third-order valence-corrected chi connectivity index (χ3v) is 8.26. The van der Waals surface area contributed by atoms with E-state index in [1.54, 1.807) is 6.07 Å². The van der Waals surface area contributed by atoms with Crippen LogP contribution in [-0.2, 0) is 25.8 Å². The van der Waals surface area contributed by atoms with Gasteiger partial charge in [0.25, 0.3) is 0 Å². The van der Waals surface area contributed by atoms with Gasteiger partial charge < -0.3 is 14.6 Å². The maximum absolute atomic E-state index is 10.4. The van der Waals surface area contributed by atoms with E-state index in [4.69, 9.17) is 14.5 Å². The van der Waals surface area contributed by atoms with E-state index in [-0.39, 0.29) is 44.4 Å². The molecule has 37 heavy (non-hydrogen) atoms. The number of aryl methyl sites for hydroxylation is 1. The molecule has 3 aliphatic rings. The molecular weight excluding hydrogens is 643 g/mol. The number of fused-ring (bicyclic) bond motifs is 2. The van der Waals surface area contributed by atoms with E-state index in [9.17, 15) is 5.11 Å². The smallest absolute Gasteiger partial charge is 0.217 e. The Kier molecular flexibility index (Phi) is 7.37. The summed E-state index contributed by atoms with van der Waals surface area (Å²) in [6.07, 6.45) is 9.76. The average molecular weight is 679 g/mol. The maximum Gasteiger partial charge on any atom is 0.217 e. The van der Waals surface area contributed by atoms with Crippen LogP contribution < -0.4 is 4.74 Å². The number of aromatic hydroxyl groups is 1. The van der Waals surface area contributed by atoms with Gasteiger partial charge in [-0.2, -0.15) is 0 Å². The van der Waals surface area contributed by atoms with E-state index in [1.807, 2.05) is 25.1 Å². The molecule has 1 aliphatic heterocycles. The fourth-order valence-corrected chi connectivity index (χ4v) is 6.30. The van der Waals surface area contributed by atoms with Crippen LogP contribution in [0, 0.1) is 18.4 Å². The molecule has 0 amide bonds. The van der Waals surface area contributed by atoms with Gasteiger partial charge in [0.15, 0.2) is 0 Å². The monoisotopic (exact) mass is 678 g/mol. The normalized spacial score (nSPS) is 23.1. The summed E-state index contributed by atoms with van der Waals surface area (Å²) in [6.45, 7) is 6.57. The Labute approximate surface area is 234 Å². The molecule has 1 aromatic heterocycles. The summed E-state index contributed by atoms with van der Waals surface area (Å²) in [5.41, 5.74) is 3.81. The molecule has 2 fully saturated rings. The van der Waals surface area contributed by atoms with Crippen LogP contribution in [0.5, 0.6) is 17.4 Å². The molecule has 0 saturated heterocycles. The van der Waals surface area contributed by atoms with E-state index in [2.05, 4.69) is 37.0 Å². The summed E-state index contributed by atoms with van der Waals surface area (Å²) in [5.74, 6) is 2.42. The summed E-state index contributed by atoms with van der Waals surface area (Å²) in [4.78, 5) is 9.69. The summed E-state index contributed by atoms with van der Waals surface area (Å²) in [7, 11) is 0. The molecule has 6 rings (SSSR count). The molecule has 2 atom stereocenters. The molecule has 0 bridgehead atoms. The molecular formula is C31H35N2O3Pt-. The zero-order valence-electron chi connectivity index (χ0n) is 21.8. The van der Waals surface area contributed by atoms with E-state index < -0.39 is 0 Å². The van der Waals surface area contributed by atoms with Gasteiger partial charge in [-0.1, -0.05) is 50.8 Å². The molecule has 0 spiro atoms. The second kappa shape index (κ2) is 10.4. The summed E-state index contributed by atoms with van der Waals surface area (Å²) in [6, 6.07) is 15.5. The largest absolute Gasteiger partial charge is 0.515 e. The van der Waals surface area contributed by atoms with Crippen molar-refractivity contribution in [2.75, 3.05) is 0 Å². The molecule has 2 aromatic carbocycles. The van der Waals surface area contributed by atoms with Crippen molar-refractivity contribution >= 4 is 16.8 Å². The third-order valence-electron chi connectivity index (χ3n) is 8.26. The molecule has 5 nitrogen and oxygen atoms in total. The van der Waals surface area contributed by atoms with Crippen LogP contribution in [-0.4, -0.2) is 28.1 Å². The Morgan fingerprint density at radius 2 is 1.84 bits per heavy atom. The number of hydrogen-bond donors (Lipinski definition) is 1. The van der Waals surface area contributed by atoms with Crippen molar-refractivity contribution in [3.8, 4) is 17.4 Å². The Morgan fingerprint density at radius 1 is 1.03 bits per heavy atom. The van der Waals surface area contributed by atoms with E-state index >= 15 is 0 Å². The zero-order chi connectivity index (χ0) is 24.9. The van der Waals surface area contributed by atoms with Gasteiger partial charge in [-0.15, -0.1) is 11.6 Å². The minimum atomic E-state index is 0. The van der Waals surface area contributed by atoms with Crippen LogP contribution in [0.1, 0.15) is 87.8 Å². The number of phenols is 1. The van der Waals surface area contributed by atoms with Crippen molar-refractivity contribution in [3.05, 3.63) is 59.2 Å². The Morgan fingerprint density at radius 3 is 2.62 bits per heavy atom. The van der Waals surface area contributed by atoms with Crippen LogP contribution in [0.3, 0.4) is 0 Å². The number of aromatic nitrogens is 1. The predicted molar refractivity (Wildman–Crippen MR) is 142 cm³/mol. The average Bonchev–Trinajstić information content (AvgIpc) is 3.31. The topological polar surface area (TPSA) is 63.9 Å². The van der Waals surface area contributed by atoms with Gasteiger partial charge in [-0.05, 0) is 74.1 Å². The number of benzene rings is 2. The fraction of sp³-hybridized carbons (Fsp3) is 0.484. The van der Waals surface area contributed by atoms with Gasteiger partial charge in [0, 0.05) is 38.3 Å². The van der Waals surface area contributed by atoms with Crippen LogP contribution in [0.25, 0.3) is 10.9 Å². The first-order valence-electron chi connectivity index (χ1n) is 13.5. The number of aliphatic imine (C=N–C) groups is 1. The first-order chi connectivity index (χ1) is 17.4. The number of phenolic OH excluding ortho intramolecular Hbond substituents is 1. The maximum atomic E-state index is 10.4.